The standard InChI is InChI=1S/C16H15N3O2/c1-12-7-9-14(10-8-12)16(20)19-18-15(11-17-21)13-5-3-2-4-6-13/h2-11,21H,1H3,(H,19,20). The molecule has 0 bridgehead atoms. The number of hydrogen-bond donors (Lipinski definition) is 2. The minimum absolute atomic E-state index is 0.324. The first-order valence-electron chi connectivity index (χ1n) is 6.38. The maximum atomic E-state index is 12.0. The zero-order chi connectivity index (χ0) is 15.1. The lowest BCUT2D eigenvalue weighted by atomic mass is 10.1. The highest BCUT2D eigenvalue weighted by molar-refractivity contribution is 6.38. The van der Waals surface area contributed by atoms with Crippen molar-refractivity contribution in [3.63, 3.8) is 0 Å². The number of aryl methyl sites for hydroxylation is 1. The fraction of sp³-hybridized carbons (Fsp3) is 0.0625. The topological polar surface area (TPSA) is 74.0 Å². The van der Waals surface area contributed by atoms with Crippen molar-refractivity contribution in [2.45, 2.75) is 6.92 Å². The highest BCUT2D eigenvalue weighted by Gasteiger charge is 2.05. The summed E-state index contributed by atoms with van der Waals surface area (Å²) in [4.78, 5) is 12.0. The van der Waals surface area contributed by atoms with Gasteiger partial charge in [-0.15, -0.1) is 0 Å². The van der Waals surface area contributed by atoms with E-state index in [0.717, 1.165) is 11.1 Å². The maximum Gasteiger partial charge on any atom is 0.271 e. The lowest BCUT2D eigenvalue weighted by Crippen LogP contribution is -2.20. The van der Waals surface area contributed by atoms with Crippen LogP contribution in [0, 0.1) is 6.92 Å². The molecule has 0 aliphatic carbocycles. The van der Waals surface area contributed by atoms with E-state index in [1.165, 1.54) is 6.21 Å². The van der Waals surface area contributed by atoms with Gasteiger partial charge in [-0.3, -0.25) is 4.79 Å². The molecule has 0 saturated heterocycles. The van der Waals surface area contributed by atoms with Gasteiger partial charge in [0.2, 0.25) is 0 Å². The molecule has 0 aromatic heterocycles. The minimum atomic E-state index is -0.324. The third-order valence-corrected chi connectivity index (χ3v) is 2.84. The Morgan fingerprint density at radius 3 is 2.33 bits per heavy atom. The molecule has 5 nitrogen and oxygen atoms in total. The van der Waals surface area contributed by atoms with Gasteiger partial charge in [0, 0.05) is 11.1 Å². The van der Waals surface area contributed by atoms with Gasteiger partial charge >= 0.3 is 0 Å². The summed E-state index contributed by atoms with van der Waals surface area (Å²) in [7, 11) is 0. The third-order valence-electron chi connectivity index (χ3n) is 2.84. The number of carbonyl (C=O) groups is 1. The van der Waals surface area contributed by atoms with Gasteiger partial charge in [-0.25, -0.2) is 5.43 Å². The fourth-order valence-corrected chi connectivity index (χ4v) is 1.71. The molecule has 2 rings (SSSR count). The van der Waals surface area contributed by atoms with E-state index in [4.69, 9.17) is 5.21 Å². The Hall–Kier alpha value is -2.95. The van der Waals surface area contributed by atoms with E-state index < -0.39 is 0 Å². The Balaban J connectivity index is 2.16. The second-order valence-corrected chi connectivity index (χ2v) is 4.41. The van der Waals surface area contributed by atoms with E-state index in [1.54, 1.807) is 24.3 Å². The predicted octanol–water partition coefficient (Wildman–Crippen LogP) is 2.59. The van der Waals surface area contributed by atoms with Crippen molar-refractivity contribution >= 4 is 17.8 Å². The molecule has 0 spiro atoms. The zero-order valence-electron chi connectivity index (χ0n) is 11.5. The summed E-state index contributed by atoms with van der Waals surface area (Å²) in [5, 5.41) is 15.6. The van der Waals surface area contributed by atoms with E-state index in [1.807, 2.05) is 37.3 Å². The van der Waals surface area contributed by atoms with Gasteiger partial charge in [-0.1, -0.05) is 53.2 Å². The van der Waals surface area contributed by atoms with Crippen LogP contribution in [0.25, 0.3) is 0 Å². The number of amides is 1. The molecule has 0 saturated carbocycles. The molecule has 1 amide bonds. The first-order valence-corrected chi connectivity index (χ1v) is 6.38. The summed E-state index contributed by atoms with van der Waals surface area (Å²) in [6, 6.07) is 16.3. The van der Waals surface area contributed by atoms with Gasteiger partial charge < -0.3 is 5.21 Å². The molecule has 0 aliphatic rings. The number of hydrazone groups is 1. The van der Waals surface area contributed by atoms with Crippen LogP contribution in [0.2, 0.25) is 0 Å². The first-order chi connectivity index (χ1) is 10.2. The van der Waals surface area contributed by atoms with Crippen LogP contribution in [0.5, 0.6) is 0 Å². The molecule has 0 radical (unpaired) electrons. The van der Waals surface area contributed by atoms with Crippen molar-refractivity contribution in [1.29, 1.82) is 0 Å². The lowest BCUT2D eigenvalue weighted by Gasteiger charge is -2.03. The monoisotopic (exact) mass is 281 g/mol. The average Bonchev–Trinajstić information content (AvgIpc) is 2.52. The highest BCUT2D eigenvalue weighted by Crippen LogP contribution is 2.03. The number of hydrogen-bond acceptors (Lipinski definition) is 4. The number of nitrogens with one attached hydrogen (secondary N) is 1. The molecule has 5 heteroatoms. The fourth-order valence-electron chi connectivity index (χ4n) is 1.71. The second kappa shape index (κ2) is 7.00. The number of carbonyl (C=O) groups excluding carboxylic acids is 1. The second-order valence-electron chi connectivity index (χ2n) is 4.41. The largest absolute Gasteiger partial charge is 0.411 e. The Labute approximate surface area is 122 Å². The Bertz CT molecular complexity index is 662. The molecule has 0 aliphatic heterocycles. The van der Waals surface area contributed by atoms with Crippen molar-refractivity contribution in [3.8, 4) is 0 Å². The summed E-state index contributed by atoms with van der Waals surface area (Å²) >= 11 is 0. The van der Waals surface area contributed by atoms with Gasteiger partial charge in [0.25, 0.3) is 5.91 Å². The maximum absolute atomic E-state index is 12.0. The van der Waals surface area contributed by atoms with E-state index in [0.29, 0.717) is 11.3 Å². The SMILES string of the molecule is Cc1ccc(C(=O)NN=C(C=NO)c2ccccc2)cc1. The summed E-state index contributed by atoms with van der Waals surface area (Å²) in [5.74, 6) is -0.324. The van der Waals surface area contributed by atoms with Crippen molar-refractivity contribution < 1.29 is 10.0 Å². The minimum Gasteiger partial charge on any atom is -0.411 e. The van der Waals surface area contributed by atoms with Gasteiger partial charge in [-0.05, 0) is 19.1 Å². The molecule has 0 heterocycles. The van der Waals surface area contributed by atoms with Crippen LogP contribution in [0.3, 0.4) is 0 Å². The molecular weight excluding hydrogens is 266 g/mol. The number of rotatable bonds is 4. The van der Waals surface area contributed by atoms with Crippen LogP contribution >= 0.6 is 0 Å². The molecule has 0 atom stereocenters. The number of nitrogens with zero attached hydrogens (tertiary/aromatic N) is 2. The lowest BCUT2D eigenvalue weighted by molar-refractivity contribution is 0.0955. The molecule has 2 aromatic rings. The molecule has 0 unspecified atom stereocenters. The van der Waals surface area contributed by atoms with E-state index in [-0.39, 0.29) is 5.91 Å². The smallest absolute Gasteiger partial charge is 0.271 e. The van der Waals surface area contributed by atoms with Crippen molar-refractivity contribution in [1.82, 2.24) is 5.43 Å². The molecule has 0 fully saturated rings. The Morgan fingerprint density at radius 2 is 1.71 bits per heavy atom. The molecule has 2 aromatic carbocycles. The van der Waals surface area contributed by atoms with E-state index in [9.17, 15) is 4.79 Å². The summed E-state index contributed by atoms with van der Waals surface area (Å²) < 4.78 is 0. The average molecular weight is 281 g/mol. The van der Waals surface area contributed by atoms with Crippen molar-refractivity contribution in [2.75, 3.05) is 0 Å². The first kappa shape index (κ1) is 14.5. The molecule has 106 valence electrons. The number of benzene rings is 2. The summed E-state index contributed by atoms with van der Waals surface area (Å²) in [6.45, 7) is 1.95. The summed E-state index contributed by atoms with van der Waals surface area (Å²) in [5.41, 5.74) is 5.13. The highest BCUT2D eigenvalue weighted by atomic mass is 16.4. The van der Waals surface area contributed by atoms with Crippen LogP contribution in [0.4, 0.5) is 0 Å². The van der Waals surface area contributed by atoms with Crippen LogP contribution in [-0.2, 0) is 0 Å². The Morgan fingerprint density at radius 1 is 1.05 bits per heavy atom. The Kier molecular flexibility index (Phi) is 4.82. The van der Waals surface area contributed by atoms with Gasteiger partial charge in [0.1, 0.15) is 5.71 Å². The molecule has 2 N–H and O–H groups in total. The van der Waals surface area contributed by atoms with Crippen LogP contribution in [-0.4, -0.2) is 23.0 Å². The van der Waals surface area contributed by atoms with Gasteiger partial charge in [0.15, 0.2) is 0 Å². The summed E-state index contributed by atoms with van der Waals surface area (Å²) in [6.07, 6.45) is 1.17. The van der Waals surface area contributed by atoms with E-state index >= 15 is 0 Å². The van der Waals surface area contributed by atoms with Crippen LogP contribution in [0.15, 0.2) is 64.9 Å². The quantitative estimate of drug-likeness (QED) is 0.513. The van der Waals surface area contributed by atoms with Gasteiger partial charge in [0.05, 0.1) is 6.21 Å². The predicted molar refractivity (Wildman–Crippen MR) is 81.9 cm³/mol. The zero-order valence-corrected chi connectivity index (χ0v) is 11.5. The molecule has 21 heavy (non-hydrogen) atoms. The third kappa shape index (κ3) is 4.01. The molecular formula is C16H15N3O2. The van der Waals surface area contributed by atoms with Crippen LogP contribution in [0.1, 0.15) is 21.5 Å². The van der Waals surface area contributed by atoms with Crippen molar-refractivity contribution in [2.24, 2.45) is 10.3 Å². The van der Waals surface area contributed by atoms with E-state index in [2.05, 4.69) is 15.7 Å². The number of oxime groups is 1. The van der Waals surface area contributed by atoms with Crippen molar-refractivity contribution in [3.05, 3.63) is 71.3 Å². The van der Waals surface area contributed by atoms with Gasteiger partial charge in [-0.2, -0.15) is 5.10 Å². The van der Waals surface area contributed by atoms with Crippen LogP contribution < -0.4 is 5.43 Å². The normalized spacial score (nSPS) is 11.6.